The zero-order valence-corrected chi connectivity index (χ0v) is 20.1. The molecule has 1 fully saturated rings. The van der Waals surface area contributed by atoms with Crippen molar-refractivity contribution in [2.75, 3.05) is 52.9 Å². The van der Waals surface area contributed by atoms with E-state index in [-0.39, 0.29) is 0 Å². The van der Waals surface area contributed by atoms with Gasteiger partial charge in [-0.15, -0.1) is 12.6 Å². The van der Waals surface area contributed by atoms with Crippen LogP contribution in [0.3, 0.4) is 0 Å². The number of hydrogen-bond donors (Lipinski definition) is 2. The van der Waals surface area contributed by atoms with Gasteiger partial charge in [0.15, 0.2) is 0 Å². The van der Waals surface area contributed by atoms with Crippen molar-refractivity contribution in [1.29, 1.82) is 0 Å². The summed E-state index contributed by atoms with van der Waals surface area (Å²) >= 11 is -1.92. The van der Waals surface area contributed by atoms with Crippen molar-refractivity contribution in [3.63, 3.8) is 0 Å². The number of nitrogens with zero attached hydrogens (tertiary/aromatic N) is 2. The van der Waals surface area contributed by atoms with Crippen LogP contribution in [0.1, 0.15) is 37.3 Å². The van der Waals surface area contributed by atoms with E-state index in [9.17, 15) is 0 Å². The average Bonchev–Trinajstić information content (AvgIpc) is 2.64. The minimum absolute atomic E-state index is 0.333. The van der Waals surface area contributed by atoms with Crippen LogP contribution >= 0.6 is 27.9 Å². The Labute approximate surface area is 183 Å². The van der Waals surface area contributed by atoms with Crippen molar-refractivity contribution in [2.45, 2.75) is 31.7 Å². The molecule has 0 bridgehead atoms. The average molecular weight is 472 g/mol. The van der Waals surface area contributed by atoms with E-state index in [4.69, 9.17) is 33.2 Å². The molecule has 1 saturated heterocycles. The van der Waals surface area contributed by atoms with E-state index in [1.54, 1.807) is 0 Å². The molecule has 0 aromatic heterocycles. The van der Waals surface area contributed by atoms with Crippen LogP contribution in [0.5, 0.6) is 0 Å². The van der Waals surface area contributed by atoms with Crippen LogP contribution in [-0.2, 0) is 14.7 Å². The van der Waals surface area contributed by atoms with Gasteiger partial charge in [0.1, 0.15) is 0 Å². The fourth-order valence-corrected chi connectivity index (χ4v) is 3.04. The van der Waals surface area contributed by atoms with Gasteiger partial charge in [-0.3, -0.25) is 0 Å². The Kier molecular flexibility index (Phi) is 16.6. The molecule has 8 heteroatoms. The van der Waals surface area contributed by atoms with Crippen molar-refractivity contribution < 1.29 is 14.7 Å². The Hall–Kier alpha value is 0.644. The Morgan fingerprint density at radius 2 is 1.52 bits per heavy atom. The summed E-state index contributed by atoms with van der Waals surface area (Å²) in [7, 11) is 17.1. The van der Waals surface area contributed by atoms with Gasteiger partial charge in [-0.2, -0.15) is 0 Å². The molecule has 1 aliphatic rings. The number of benzene rings is 1. The molecule has 1 aliphatic heterocycles. The summed E-state index contributed by atoms with van der Waals surface area (Å²) in [6.07, 6.45) is 4.67. The summed E-state index contributed by atoms with van der Waals surface area (Å²) in [6, 6.07) is 11.1. The van der Waals surface area contributed by atoms with E-state index >= 15 is 0 Å². The van der Waals surface area contributed by atoms with E-state index in [0.717, 1.165) is 52.1 Å². The first-order chi connectivity index (χ1) is 13.1. The van der Waals surface area contributed by atoms with Crippen LogP contribution < -0.4 is 10.6 Å². The third kappa shape index (κ3) is 15.2. The van der Waals surface area contributed by atoms with Gasteiger partial charge in [-0.25, -0.2) is 0 Å². The second-order valence-corrected chi connectivity index (χ2v) is 14.4. The van der Waals surface area contributed by atoms with Gasteiger partial charge in [0.2, 0.25) is 0 Å². The molecule has 4 nitrogen and oxygen atoms in total. The van der Waals surface area contributed by atoms with E-state index in [2.05, 4.69) is 52.9 Å². The molecule has 0 saturated carbocycles. The molecule has 1 atom stereocenters. The third-order valence-electron chi connectivity index (χ3n) is 4.43. The second-order valence-electron chi connectivity index (χ2n) is 6.70. The topological polar surface area (TPSA) is 41.4 Å². The number of nitrogens with one attached hydrogen (secondary N) is 2. The van der Waals surface area contributed by atoms with Crippen LogP contribution in [-0.4, -0.2) is 57.8 Å². The molecular weight excluding hydrogens is 438 g/mol. The SMILES string of the molecule is CN1CCC[N-]C(c2ccccc2)CCNCCCNCCC1.[Cl][Ti+]([Cl])[Cl]. The second kappa shape index (κ2) is 17.5. The van der Waals surface area contributed by atoms with Crippen molar-refractivity contribution in [1.82, 2.24) is 15.5 Å². The van der Waals surface area contributed by atoms with Crippen LogP contribution in [0.15, 0.2) is 30.3 Å². The molecule has 0 radical (unpaired) electrons. The van der Waals surface area contributed by atoms with E-state index in [0.29, 0.717) is 6.04 Å². The predicted molar refractivity (Wildman–Crippen MR) is 117 cm³/mol. The quantitative estimate of drug-likeness (QED) is 0.575. The molecule has 2 N–H and O–H groups in total. The van der Waals surface area contributed by atoms with Gasteiger partial charge in [0.25, 0.3) is 0 Å². The molecule has 2 rings (SSSR count). The van der Waals surface area contributed by atoms with Crippen LogP contribution in [0.2, 0.25) is 0 Å². The molecule has 1 aromatic carbocycles. The molecule has 0 aliphatic carbocycles. The molecule has 1 unspecified atom stereocenters. The minimum atomic E-state index is -1.92. The Morgan fingerprint density at radius 3 is 2.22 bits per heavy atom. The molecule has 154 valence electrons. The maximum absolute atomic E-state index is 4.98. The molecular formula is C19H33Cl3N4Ti. The summed E-state index contributed by atoms with van der Waals surface area (Å²) in [5, 5.41) is 12.1. The predicted octanol–water partition coefficient (Wildman–Crippen LogP) is 4.85. The molecule has 1 aromatic rings. The molecule has 27 heavy (non-hydrogen) atoms. The van der Waals surface area contributed by atoms with Gasteiger partial charge in [0.05, 0.1) is 0 Å². The van der Waals surface area contributed by atoms with E-state index < -0.39 is 14.7 Å². The number of halogens is 3. The van der Waals surface area contributed by atoms with Crippen molar-refractivity contribution >= 4 is 27.9 Å². The summed E-state index contributed by atoms with van der Waals surface area (Å²) in [5.74, 6) is 0. The number of rotatable bonds is 1. The van der Waals surface area contributed by atoms with E-state index in [1.807, 2.05) is 0 Å². The van der Waals surface area contributed by atoms with E-state index in [1.165, 1.54) is 24.9 Å². The van der Waals surface area contributed by atoms with Crippen LogP contribution in [0, 0.1) is 0 Å². The Morgan fingerprint density at radius 1 is 0.926 bits per heavy atom. The zero-order chi connectivity index (χ0) is 19.7. The maximum atomic E-state index is 4.98. The zero-order valence-electron chi connectivity index (χ0n) is 16.3. The van der Waals surface area contributed by atoms with Crippen LogP contribution in [0.4, 0.5) is 0 Å². The molecule has 1 heterocycles. The first-order valence-electron chi connectivity index (χ1n) is 9.74. The first kappa shape index (κ1) is 25.7. The van der Waals surface area contributed by atoms with Crippen molar-refractivity contribution in [3.05, 3.63) is 41.2 Å². The third-order valence-corrected chi connectivity index (χ3v) is 4.43. The summed E-state index contributed by atoms with van der Waals surface area (Å²) in [5.41, 5.74) is 1.35. The van der Waals surface area contributed by atoms with Crippen molar-refractivity contribution in [3.8, 4) is 0 Å². The van der Waals surface area contributed by atoms with Gasteiger partial charge in [0, 0.05) is 0 Å². The van der Waals surface area contributed by atoms with Gasteiger partial charge in [-0.1, -0.05) is 48.7 Å². The van der Waals surface area contributed by atoms with Crippen LogP contribution in [0.25, 0.3) is 5.32 Å². The fourth-order valence-electron chi connectivity index (χ4n) is 3.04. The number of hydrogen-bond acceptors (Lipinski definition) is 3. The van der Waals surface area contributed by atoms with Gasteiger partial charge in [-0.05, 0) is 59.2 Å². The summed E-state index contributed by atoms with van der Waals surface area (Å²) < 4.78 is 0. The van der Waals surface area contributed by atoms with Crippen molar-refractivity contribution in [2.24, 2.45) is 0 Å². The summed E-state index contributed by atoms with van der Waals surface area (Å²) in [6.45, 7) is 7.66. The fraction of sp³-hybridized carbons (Fsp3) is 0.684. The molecule has 0 spiro atoms. The standard InChI is InChI=1S/C19H33N4.3ClH.Ti/c1-23-16-6-13-20-11-5-12-21-15-10-19(22-14-7-17-23)18-8-3-2-4-9-18;;;;/h2-4,8-9,19-21H,5-7,10-17H2,1H3;3*1H;/q-1;;;;+4/p-3. The normalized spacial score (nSPS) is 21.7. The monoisotopic (exact) mass is 470 g/mol. The molecule has 0 amide bonds. The summed E-state index contributed by atoms with van der Waals surface area (Å²) in [4.78, 5) is 2.43. The Bertz CT molecular complexity index is 451. The Balaban J connectivity index is 0.000000828. The van der Waals surface area contributed by atoms with Gasteiger partial charge < -0.3 is 20.9 Å². The van der Waals surface area contributed by atoms with Gasteiger partial charge >= 0.3 is 42.6 Å². The first-order valence-corrected chi connectivity index (χ1v) is 16.2.